The molecule has 114 valence electrons. The topological polar surface area (TPSA) is 60.2 Å². The smallest absolute Gasteiger partial charge is 0.231 e. The lowest BCUT2D eigenvalue weighted by atomic mass is 10.0. The monoisotopic (exact) mass is 289 g/mol. The molecule has 21 heavy (non-hydrogen) atoms. The highest BCUT2D eigenvalue weighted by Crippen LogP contribution is 2.24. The first kappa shape index (κ1) is 15.5. The molecule has 5 nitrogen and oxygen atoms in total. The van der Waals surface area contributed by atoms with E-state index in [1.54, 1.807) is 7.11 Å². The quantitative estimate of drug-likeness (QED) is 0.848. The van der Waals surface area contributed by atoms with Gasteiger partial charge in [0.2, 0.25) is 11.7 Å². The molecule has 0 amide bonds. The molecule has 0 aliphatic carbocycles. The van der Waals surface area contributed by atoms with Crippen LogP contribution in [-0.2, 0) is 0 Å². The molecule has 2 aromatic rings. The summed E-state index contributed by atoms with van der Waals surface area (Å²) >= 11 is 0. The van der Waals surface area contributed by atoms with Gasteiger partial charge < -0.3 is 14.6 Å². The van der Waals surface area contributed by atoms with Gasteiger partial charge in [-0.3, -0.25) is 0 Å². The maximum Gasteiger partial charge on any atom is 0.231 e. The Kier molecular flexibility index (Phi) is 5.33. The third-order valence-corrected chi connectivity index (χ3v) is 3.63. The van der Waals surface area contributed by atoms with Crippen molar-refractivity contribution in [2.24, 2.45) is 0 Å². The van der Waals surface area contributed by atoms with Crippen molar-refractivity contribution >= 4 is 0 Å². The van der Waals surface area contributed by atoms with Gasteiger partial charge in [0.25, 0.3) is 0 Å². The number of nitrogens with one attached hydrogen (secondary N) is 1. The molecule has 1 N–H and O–H groups in total. The minimum absolute atomic E-state index is 0.170. The molecule has 1 aromatic carbocycles. The van der Waals surface area contributed by atoms with Gasteiger partial charge in [-0.2, -0.15) is 4.98 Å². The molecule has 0 bridgehead atoms. The number of aromatic nitrogens is 2. The van der Waals surface area contributed by atoms with Crippen molar-refractivity contribution in [3.05, 3.63) is 30.2 Å². The lowest BCUT2D eigenvalue weighted by Gasteiger charge is -2.17. The summed E-state index contributed by atoms with van der Waals surface area (Å²) in [5, 5.41) is 7.53. The predicted molar refractivity (Wildman–Crippen MR) is 82.5 cm³/mol. The summed E-state index contributed by atoms with van der Waals surface area (Å²) in [5.41, 5.74) is 0.894. The van der Waals surface area contributed by atoms with E-state index < -0.39 is 0 Å². The Morgan fingerprint density at radius 2 is 2.14 bits per heavy atom. The number of methoxy groups -OCH3 is 1. The summed E-state index contributed by atoms with van der Waals surface area (Å²) in [4.78, 5) is 4.51. The van der Waals surface area contributed by atoms with Gasteiger partial charge in [0.15, 0.2) is 0 Å². The molecule has 1 aromatic heterocycles. The molecule has 2 unspecified atom stereocenters. The lowest BCUT2D eigenvalue weighted by Crippen LogP contribution is -2.31. The Balaban J connectivity index is 2.13. The molecule has 5 heteroatoms. The predicted octanol–water partition coefficient (Wildman–Crippen LogP) is 3.24. The van der Waals surface area contributed by atoms with E-state index >= 15 is 0 Å². The van der Waals surface area contributed by atoms with Crippen LogP contribution in [0.25, 0.3) is 11.4 Å². The minimum atomic E-state index is 0.170. The molecule has 0 fully saturated rings. The first-order valence-electron chi connectivity index (χ1n) is 7.37. The number of rotatable bonds is 7. The van der Waals surface area contributed by atoms with E-state index in [1.165, 1.54) is 0 Å². The van der Waals surface area contributed by atoms with E-state index in [2.05, 4.69) is 36.2 Å². The molecule has 0 aliphatic rings. The SMILES string of the molecule is CCCNC(C)C(C)c1nc(-c2cccc(OC)c2)no1. The van der Waals surface area contributed by atoms with Crippen LogP contribution in [0.1, 0.15) is 39.0 Å². The van der Waals surface area contributed by atoms with E-state index in [0.29, 0.717) is 17.8 Å². The number of nitrogens with zero attached hydrogens (tertiary/aromatic N) is 2. The first-order valence-corrected chi connectivity index (χ1v) is 7.37. The van der Waals surface area contributed by atoms with Crippen LogP contribution < -0.4 is 10.1 Å². The summed E-state index contributed by atoms with van der Waals surface area (Å²) in [7, 11) is 1.64. The van der Waals surface area contributed by atoms with E-state index in [1.807, 2.05) is 24.3 Å². The van der Waals surface area contributed by atoms with Gasteiger partial charge in [-0.05, 0) is 32.0 Å². The fourth-order valence-electron chi connectivity index (χ4n) is 2.06. The largest absolute Gasteiger partial charge is 0.497 e. The van der Waals surface area contributed by atoms with Crippen LogP contribution in [0.5, 0.6) is 5.75 Å². The normalized spacial score (nSPS) is 13.9. The van der Waals surface area contributed by atoms with Gasteiger partial charge in [0, 0.05) is 11.6 Å². The maximum absolute atomic E-state index is 5.41. The fraction of sp³-hybridized carbons (Fsp3) is 0.500. The zero-order chi connectivity index (χ0) is 15.2. The second-order valence-corrected chi connectivity index (χ2v) is 5.22. The number of hydrogen-bond acceptors (Lipinski definition) is 5. The van der Waals surface area contributed by atoms with E-state index in [0.717, 1.165) is 24.3 Å². The molecule has 0 spiro atoms. The Hall–Kier alpha value is -1.88. The van der Waals surface area contributed by atoms with E-state index in [4.69, 9.17) is 9.26 Å². The van der Waals surface area contributed by atoms with Crippen LogP contribution in [0, 0.1) is 0 Å². The molecule has 1 heterocycles. The Labute approximate surface area is 125 Å². The molecule has 0 radical (unpaired) electrons. The number of benzene rings is 1. The third kappa shape index (κ3) is 3.82. The molecule has 0 aliphatic heterocycles. The van der Waals surface area contributed by atoms with Crippen molar-refractivity contribution in [1.82, 2.24) is 15.5 Å². The molecule has 0 saturated heterocycles. The zero-order valence-electron chi connectivity index (χ0n) is 13.1. The molecule has 2 rings (SSSR count). The highest BCUT2D eigenvalue weighted by Gasteiger charge is 2.20. The lowest BCUT2D eigenvalue weighted by molar-refractivity contribution is 0.331. The second-order valence-electron chi connectivity index (χ2n) is 5.22. The Bertz CT molecular complexity index is 568. The summed E-state index contributed by atoms with van der Waals surface area (Å²) in [6, 6.07) is 7.95. The van der Waals surface area contributed by atoms with Crippen LogP contribution >= 0.6 is 0 Å². The minimum Gasteiger partial charge on any atom is -0.497 e. The van der Waals surface area contributed by atoms with Crippen molar-refractivity contribution in [1.29, 1.82) is 0 Å². The standard InChI is InChI=1S/C16H23N3O2/c1-5-9-17-12(3)11(2)16-18-15(19-21-16)13-7-6-8-14(10-13)20-4/h6-8,10-12,17H,5,9H2,1-4H3. The second kappa shape index (κ2) is 7.22. The highest BCUT2D eigenvalue weighted by atomic mass is 16.5. The van der Waals surface area contributed by atoms with Gasteiger partial charge in [-0.1, -0.05) is 31.1 Å². The van der Waals surface area contributed by atoms with Crippen LogP contribution in [0.2, 0.25) is 0 Å². The van der Waals surface area contributed by atoms with Crippen molar-refractivity contribution in [2.45, 2.75) is 39.2 Å². The average molecular weight is 289 g/mol. The summed E-state index contributed by atoms with van der Waals surface area (Å²) in [5.74, 6) is 2.20. The fourth-order valence-corrected chi connectivity index (χ4v) is 2.06. The van der Waals surface area contributed by atoms with Crippen LogP contribution in [0.15, 0.2) is 28.8 Å². The van der Waals surface area contributed by atoms with Crippen LogP contribution in [0.3, 0.4) is 0 Å². The maximum atomic E-state index is 5.41. The number of ether oxygens (including phenoxy) is 1. The van der Waals surface area contributed by atoms with Crippen molar-refractivity contribution < 1.29 is 9.26 Å². The van der Waals surface area contributed by atoms with Gasteiger partial charge in [0.05, 0.1) is 13.0 Å². The Morgan fingerprint density at radius 3 is 2.86 bits per heavy atom. The van der Waals surface area contributed by atoms with Crippen molar-refractivity contribution in [3.63, 3.8) is 0 Å². The third-order valence-electron chi connectivity index (χ3n) is 3.63. The Morgan fingerprint density at radius 1 is 1.33 bits per heavy atom. The number of hydrogen-bond donors (Lipinski definition) is 1. The average Bonchev–Trinajstić information content (AvgIpc) is 3.01. The zero-order valence-corrected chi connectivity index (χ0v) is 13.1. The summed E-state index contributed by atoms with van der Waals surface area (Å²) in [6.45, 7) is 7.37. The van der Waals surface area contributed by atoms with Gasteiger partial charge in [0.1, 0.15) is 5.75 Å². The molecule has 2 atom stereocenters. The summed E-state index contributed by atoms with van der Waals surface area (Å²) < 4.78 is 10.6. The van der Waals surface area contributed by atoms with Gasteiger partial charge in [-0.25, -0.2) is 0 Å². The molecular formula is C16H23N3O2. The summed E-state index contributed by atoms with van der Waals surface area (Å²) in [6.07, 6.45) is 1.11. The first-order chi connectivity index (χ1) is 10.2. The van der Waals surface area contributed by atoms with E-state index in [9.17, 15) is 0 Å². The molecular weight excluding hydrogens is 266 g/mol. The van der Waals surface area contributed by atoms with Gasteiger partial charge >= 0.3 is 0 Å². The van der Waals surface area contributed by atoms with Crippen LogP contribution in [-0.4, -0.2) is 29.8 Å². The molecule has 0 saturated carbocycles. The van der Waals surface area contributed by atoms with Gasteiger partial charge in [-0.15, -0.1) is 0 Å². The van der Waals surface area contributed by atoms with Crippen LogP contribution in [0.4, 0.5) is 0 Å². The van der Waals surface area contributed by atoms with E-state index in [-0.39, 0.29) is 5.92 Å². The van der Waals surface area contributed by atoms with Crippen molar-refractivity contribution in [2.75, 3.05) is 13.7 Å². The van der Waals surface area contributed by atoms with Crippen molar-refractivity contribution in [3.8, 4) is 17.1 Å². The highest BCUT2D eigenvalue weighted by molar-refractivity contribution is 5.56.